The van der Waals surface area contributed by atoms with E-state index < -0.39 is 0 Å². The van der Waals surface area contributed by atoms with E-state index in [1.54, 1.807) is 6.07 Å². The Balaban J connectivity index is 1.76. The highest BCUT2D eigenvalue weighted by molar-refractivity contribution is 5.93. The first-order valence-corrected chi connectivity index (χ1v) is 9.58. The Morgan fingerprint density at radius 2 is 1.81 bits per heavy atom. The summed E-state index contributed by atoms with van der Waals surface area (Å²) in [5.41, 5.74) is 2.64. The van der Waals surface area contributed by atoms with Crippen LogP contribution < -0.4 is 5.32 Å². The van der Waals surface area contributed by atoms with Crippen molar-refractivity contribution in [3.8, 4) is 0 Å². The maximum atomic E-state index is 12.8. The topological polar surface area (TPSA) is 61.4 Å². The molecule has 0 saturated carbocycles. The molecule has 6 nitrogen and oxygen atoms in total. The highest BCUT2D eigenvalue weighted by Crippen LogP contribution is 2.30. The van der Waals surface area contributed by atoms with Gasteiger partial charge >= 0.3 is 0 Å². The predicted molar refractivity (Wildman–Crippen MR) is 108 cm³/mol. The van der Waals surface area contributed by atoms with Crippen LogP contribution >= 0.6 is 0 Å². The maximum Gasteiger partial charge on any atom is 0.272 e. The molecule has 0 bridgehead atoms. The standard InChI is InChI=1S/C21H29N5O/c1-5-25-10-12-26(13-11-25)20(27)18-14-19(23-15-22-18)24-17-9-7-6-8-16(17)21(2,3)4/h6-9,14-15H,5,10-13H2,1-4H3,(H,22,23,24). The average Bonchev–Trinajstić information content (AvgIpc) is 2.67. The molecule has 1 fully saturated rings. The number of anilines is 2. The molecule has 0 spiro atoms. The smallest absolute Gasteiger partial charge is 0.272 e. The van der Waals surface area contributed by atoms with Gasteiger partial charge in [0.15, 0.2) is 0 Å². The number of piperazine rings is 1. The van der Waals surface area contributed by atoms with Gasteiger partial charge in [-0.3, -0.25) is 4.79 Å². The van der Waals surface area contributed by atoms with Gasteiger partial charge in [-0.15, -0.1) is 0 Å². The summed E-state index contributed by atoms with van der Waals surface area (Å²) in [6.07, 6.45) is 1.46. The lowest BCUT2D eigenvalue weighted by Crippen LogP contribution is -2.48. The zero-order valence-corrected chi connectivity index (χ0v) is 16.7. The van der Waals surface area contributed by atoms with Crippen molar-refractivity contribution in [1.82, 2.24) is 19.8 Å². The Morgan fingerprint density at radius 3 is 2.48 bits per heavy atom. The Labute approximate surface area is 161 Å². The van der Waals surface area contributed by atoms with Crippen LogP contribution in [0.2, 0.25) is 0 Å². The van der Waals surface area contributed by atoms with E-state index in [0.29, 0.717) is 11.5 Å². The monoisotopic (exact) mass is 367 g/mol. The van der Waals surface area contributed by atoms with Gasteiger partial charge in [-0.2, -0.15) is 0 Å². The van der Waals surface area contributed by atoms with Crippen LogP contribution in [0.4, 0.5) is 11.5 Å². The molecule has 1 aliphatic heterocycles. The molecular weight excluding hydrogens is 338 g/mol. The van der Waals surface area contributed by atoms with Crippen LogP contribution in [0.5, 0.6) is 0 Å². The summed E-state index contributed by atoms with van der Waals surface area (Å²) in [6, 6.07) is 9.93. The van der Waals surface area contributed by atoms with Crippen molar-refractivity contribution in [2.24, 2.45) is 0 Å². The number of likely N-dealkylation sites (N-methyl/N-ethyl adjacent to an activating group) is 1. The molecular formula is C21H29N5O. The maximum absolute atomic E-state index is 12.8. The van der Waals surface area contributed by atoms with Gasteiger partial charge in [0.05, 0.1) is 0 Å². The summed E-state index contributed by atoms with van der Waals surface area (Å²) >= 11 is 0. The molecule has 0 unspecified atom stereocenters. The fourth-order valence-electron chi connectivity index (χ4n) is 3.36. The summed E-state index contributed by atoms with van der Waals surface area (Å²) in [7, 11) is 0. The number of hydrogen-bond donors (Lipinski definition) is 1. The fraction of sp³-hybridized carbons (Fsp3) is 0.476. The van der Waals surface area contributed by atoms with E-state index >= 15 is 0 Å². The van der Waals surface area contributed by atoms with Crippen LogP contribution in [0.3, 0.4) is 0 Å². The highest BCUT2D eigenvalue weighted by Gasteiger charge is 2.23. The molecule has 0 aliphatic carbocycles. The molecule has 2 aromatic rings. The van der Waals surface area contributed by atoms with Crippen LogP contribution in [0.1, 0.15) is 43.7 Å². The van der Waals surface area contributed by atoms with Gasteiger partial charge in [0.1, 0.15) is 17.8 Å². The largest absolute Gasteiger partial charge is 0.340 e. The summed E-state index contributed by atoms with van der Waals surface area (Å²) in [5.74, 6) is 0.609. The minimum absolute atomic E-state index is 0.00816. The van der Waals surface area contributed by atoms with E-state index in [0.717, 1.165) is 38.4 Å². The third-order valence-electron chi connectivity index (χ3n) is 4.99. The van der Waals surface area contributed by atoms with E-state index in [2.05, 4.69) is 53.9 Å². The van der Waals surface area contributed by atoms with Crippen molar-refractivity contribution in [3.05, 3.63) is 47.9 Å². The van der Waals surface area contributed by atoms with Gasteiger partial charge in [-0.05, 0) is 23.6 Å². The summed E-state index contributed by atoms with van der Waals surface area (Å²) in [4.78, 5) is 25.6. The first kappa shape index (κ1) is 19.3. The van der Waals surface area contributed by atoms with Crippen LogP contribution in [0.15, 0.2) is 36.7 Å². The molecule has 27 heavy (non-hydrogen) atoms. The molecule has 3 rings (SSSR count). The van der Waals surface area contributed by atoms with E-state index in [-0.39, 0.29) is 11.3 Å². The Kier molecular flexibility index (Phi) is 5.75. The van der Waals surface area contributed by atoms with Crippen molar-refractivity contribution in [1.29, 1.82) is 0 Å². The third-order valence-corrected chi connectivity index (χ3v) is 4.99. The lowest BCUT2D eigenvalue weighted by atomic mass is 9.86. The fourth-order valence-corrected chi connectivity index (χ4v) is 3.36. The summed E-state index contributed by atoms with van der Waals surface area (Å²) in [5, 5.41) is 3.36. The number of hydrogen-bond acceptors (Lipinski definition) is 5. The van der Waals surface area contributed by atoms with Gasteiger partial charge in [0.2, 0.25) is 0 Å². The predicted octanol–water partition coefficient (Wildman–Crippen LogP) is 3.30. The minimum Gasteiger partial charge on any atom is -0.340 e. The quantitative estimate of drug-likeness (QED) is 0.898. The number of nitrogens with one attached hydrogen (secondary N) is 1. The first-order valence-electron chi connectivity index (χ1n) is 9.58. The van der Waals surface area contributed by atoms with Crippen molar-refractivity contribution in [3.63, 3.8) is 0 Å². The number of carbonyl (C=O) groups is 1. The normalized spacial score (nSPS) is 15.6. The number of para-hydroxylation sites is 1. The van der Waals surface area contributed by atoms with Crippen molar-refractivity contribution in [2.45, 2.75) is 33.1 Å². The Bertz CT molecular complexity index is 791. The Hall–Kier alpha value is -2.47. The SMILES string of the molecule is CCN1CCN(C(=O)c2cc(Nc3ccccc3C(C)(C)C)ncn2)CC1. The van der Waals surface area contributed by atoms with Gasteiger partial charge < -0.3 is 15.1 Å². The van der Waals surface area contributed by atoms with E-state index in [1.807, 2.05) is 23.1 Å². The lowest BCUT2D eigenvalue weighted by molar-refractivity contribution is 0.0637. The molecule has 144 valence electrons. The molecule has 1 aliphatic rings. The summed E-state index contributed by atoms with van der Waals surface area (Å²) < 4.78 is 0. The molecule has 1 amide bonds. The molecule has 2 heterocycles. The second-order valence-electron chi connectivity index (χ2n) is 7.94. The van der Waals surface area contributed by atoms with Crippen LogP contribution in [-0.4, -0.2) is 58.4 Å². The van der Waals surface area contributed by atoms with Crippen molar-refractivity contribution < 1.29 is 4.79 Å². The van der Waals surface area contributed by atoms with Crippen LogP contribution in [-0.2, 0) is 5.41 Å². The first-order chi connectivity index (χ1) is 12.9. The van der Waals surface area contributed by atoms with Crippen molar-refractivity contribution >= 4 is 17.4 Å². The summed E-state index contributed by atoms with van der Waals surface area (Å²) in [6.45, 7) is 13.0. The number of carbonyl (C=O) groups excluding carboxylic acids is 1. The Morgan fingerprint density at radius 1 is 1.11 bits per heavy atom. The van der Waals surface area contributed by atoms with E-state index in [4.69, 9.17) is 0 Å². The van der Waals surface area contributed by atoms with Crippen molar-refractivity contribution in [2.75, 3.05) is 38.0 Å². The highest BCUT2D eigenvalue weighted by atomic mass is 16.2. The molecule has 0 atom stereocenters. The zero-order chi connectivity index (χ0) is 19.4. The minimum atomic E-state index is -0.0275. The second kappa shape index (κ2) is 8.05. The van der Waals surface area contributed by atoms with E-state index in [9.17, 15) is 4.79 Å². The molecule has 1 N–H and O–H groups in total. The van der Waals surface area contributed by atoms with Gasteiger partial charge in [-0.1, -0.05) is 45.9 Å². The lowest BCUT2D eigenvalue weighted by Gasteiger charge is -2.33. The molecule has 0 radical (unpaired) electrons. The molecule has 1 aromatic heterocycles. The van der Waals surface area contributed by atoms with Crippen LogP contribution in [0, 0.1) is 0 Å². The molecule has 6 heteroatoms. The van der Waals surface area contributed by atoms with Gasteiger partial charge in [0, 0.05) is 37.9 Å². The number of nitrogens with zero attached hydrogens (tertiary/aromatic N) is 4. The molecule has 1 saturated heterocycles. The van der Waals surface area contributed by atoms with Gasteiger partial charge in [0.25, 0.3) is 5.91 Å². The zero-order valence-electron chi connectivity index (χ0n) is 16.7. The van der Waals surface area contributed by atoms with Gasteiger partial charge in [-0.25, -0.2) is 9.97 Å². The number of rotatable bonds is 4. The number of aromatic nitrogens is 2. The molecule has 1 aromatic carbocycles. The third kappa shape index (κ3) is 4.63. The second-order valence-corrected chi connectivity index (χ2v) is 7.94. The van der Waals surface area contributed by atoms with E-state index in [1.165, 1.54) is 11.9 Å². The van der Waals surface area contributed by atoms with Crippen LogP contribution in [0.25, 0.3) is 0 Å². The number of amides is 1. The average molecular weight is 367 g/mol. The number of benzene rings is 1.